The summed E-state index contributed by atoms with van der Waals surface area (Å²) < 4.78 is 0. The number of nitrogens with one attached hydrogen (secondary N) is 1. The molecule has 2 atom stereocenters. The maximum absolute atomic E-state index is 11.6. The summed E-state index contributed by atoms with van der Waals surface area (Å²) in [7, 11) is 0. The number of nitrogens with two attached hydrogens (primary N) is 1. The fraction of sp³-hybridized carbons (Fsp3) is 0.462. The molecule has 0 saturated carbocycles. The lowest BCUT2D eigenvalue weighted by atomic mass is 10.1. The first kappa shape index (κ1) is 18.2. The Morgan fingerprint density at radius 2 is 2.00 bits per heavy atom. The van der Waals surface area contributed by atoms with Crippen LogP contribution < -0.4 is 11.1 Å². The Morgan fingerprint density at radius 3 is 2.53 bits per heavy atom. The van der Waals surface area contributed by atoms with Gasteiger partial charge in [-0.3, -0.25) is 4.79 Å². The van der Waals surface area contributed by atoms with Gasteiger partial charge in [-0.15, -0.1) is 12.4 Å². The Labute approximate surface area is 124 Å². The lowest BCUT2D eigenvalue weighted by Crippen LogP contribution is -2.41. The number of hydrogen-bond acceptors (Lipinski definition) is 3. The molecule has 0 saturated heterocycles. The van der Waals surface area contributed by atoms with Gasteiger partial charge < -0.3 is 16.2 Å². The van der Waals surface area contributed by atoms with Crippen molar-refractivity contribution in [2.24, 2.45) is 5.73 Å². The molecular formula is C13H20Cl2N2O2. The fourth-order valence-corrected chi connectivity index (χ4v) is 1.70. The van der Waals surface area contributed by atoms with Crippen molar-refractivity contribution in [3.05, 3.63) is 34.9 Å². The van der Waals surface area contributed by atoms with Gasteiger partial charge in [0.2, 0.25) is 5.91 Å². The minimum absolute atomic E-state index is 0. The molecule has 0 aliphatic heterocycles. The van der Waals surface area contributed by atoms with E-state index in [-0.39, 0.29) is 24.9 Å². The topological polar surface area (TPSA) is 75.4 Å². The summed E-state index contributed by atoms with van der Waals surface area (Å²) in [5.41, 5.74) is 6.37. The molecule has 0 aromatic heterocycles. The zero-order valence-electron chi connectivity index (χ0n) is 10.8. The molecule has 2 unspecified atom stereocenters. The molecule has 0 heterocycles. The predicted octanol–water partition coefficient (Wildman–Crippen LogP) is 2.04. The van der Waals surface area contributed by atoms with Crippen molar-refractivity contribution < 1.29 is 9.90 Å². The number of carbonyl (C=O) groups excluding carboxylic acids is 1. The first-order valence-electron chi connectivity index (χ1n) is 6.01. The average Bonchev–Trinajstić information content (AvgIpc) is 2.36. The average molecular weight is 307 g/mol. The van der Waals surface area contributed by atoms with Crippen LogP contribution in [0.25, 0.3) is 0 Å². The van der Waals surface area contributed by atoms with Crippen molar-refractivity contribution in [2.45, 2.75) is 31.9 Å². The van der Waals surface area contributed by atoms with Crippen LogP contribution >= 0.6 is 24.0 Å². The van der Waals surface area contributed by atoms with Gasteiger partial charge in [0.25, 0.3) is 0 Å². The van der Waals surface area contributed by atoms with Crippen molar-refractivity contribution in [3.63, 3.8) is 0 Å². The Bertz CT molecular complexity index is 385. The largest absolute Gasteiger partial charge is 0.387 e. The lowest BCUT2D eigenvalue weighted by molar-refractivity contribution is -0.123. The van der Waals surface area contributed by atoms with Gasteiger partial charge >= 0.3 is 0 Å². The summed E-state index contributed by atoms with van der Waals surface area (Å²) in [5, 5.41) is 13.1. The van der Waals surface area contributed by atoms with Gasteiger partial charge in [0.1, 0.15) is 0 Å². The zero-order valence-corrected chi connectivity index (χ0v) is 12.4. The molecule has 1 aromatic rings. The van der Waals surface area contributed by atoms with E-state index in [2.05, 4.69) is 5.32 Å². The summed E-state index contributed by atoms with van der Waals surface area (Å²) in [6.45, 7) is 2.12. The van der Waals surface area contributed by atoms with E-state index in [0.29, 0.717) is 17.0 Å². The number of halogens is 2. The maximum atomic E-state index is 11.6. The summed E-state index contributed by atoms with van der Waals surface area (Å²) >= 11 is 5.75. The van der Waals surface area contributed by atoms with Gasteiger partial charge in [-0.1, -0.05) is 37.1 Å². The number of rotatable bonds is 6. The Balaban J connectivity index is 0.00000324. The Morgan fingerprint density at radius 1 is 1.42 bits per heavy atom. The molecular weight excluding hydrogens is 287 g/mol. The second-order valence-electron chi connectivity index (χ2n) is 4.21. The predicted molar refractivity (Wildman–Crippen MR) is 79.6 cm³/mol. The third-order valence-corrected chi connectivity index (χ3v) is 2.91. The van der Waals surface area contributed by atoms with Crippen LogP contribution in [0.2, 0.25) is 5.02 Å². The lowest BCUT2D eigenvalue weighted by Gasteiger charge is -2.15. The standard InChI is InChI=1S/C13H19ClN2O2.ClH/c1-2-3-11(15)13(18)16-8-12(17)9-4-6-10(14)7-5-9;/h4-7,11-12,17H,2-3,8,15H2,1H3,(H,16,18);1H. The van der Waals surface area contributed by atoms with Crippen LogP contribution in [0.3, 0.4) is 0 Å². The molecule has 0 fully saturated rings. The summed E-state index contributed by atoms with van der Waals surface area (Å²) in [6.07, 6.45) is 0.747. The second-order valence-corrected chi connectivity index (χ2v) is 4.64. The SMILES string of the molecule is CCCC(N)C(=O)NCC(O)c1ccc(Cl)cc1.Cl. The number of benzene rings is 1. The smallest absolute Gasteiger partial charge is 0.237 e. The molecule has 6 heteroatoms. The van der Waals surface area contributed by atoms with E-state index in [1.807, 2.05) is 6.92 Å². The Kier molecular flexibility index (Phi) is 8.76. The van der Waals surface area contributed by atoms with Gasteiger partial charge in [-0.25, -0.2) is 0 Å². The first-order valence-corrected chi connectivity index (χ1v) is 6.39. The molecule has 0 aliphatic carbocycles. The van der Waals surface area contributed by atoms with Gasteiger partial charge in [0, 0.05) is 11.6 Å². The van der Waals surface area contributed by atoms with Crippen molar-refractivity contribution in [3.8, 4) is 0 Å². The van der Waals surface area contributed by atoms with E-state index in [1.54, 1.807) is 24.3 Å². The molecule has 4 N–H and O–H groups in total. The highest BCUT2D eigenvalue weighted by molar-refractivity contribution is 6.30. The third kappa shape index (κ3) is 6.25. The highest BCUT2D eigenvalue weighted by Gasteiger charge is 2.14. The van der Waals surface area contributed by atoms with Gasteiger partial charge in [0.05, 0.1) is 12.1 Å². The van der Waals surface area contributed by atoms with E-state index in [4.69, 9.17) is 17.3 Å². The number of aliphatic hydroxyl groups is 1. The molecule has 1 rings (SSSR count). The highest BCUT2D eigenvalue weighted by Crippen LogP contribution is 2.15. The minimum atomic E-state index is -0.750. The van der Waals surface area contributed by atoms with Crippen molar-refractivity contribution in [1.82, 2.24) is 5.32 Å². The molecule has 0 bridgehead atoms. The molecule has 1 aromatic carbocycles. The van der Waals surface area contributed by atoms with E-state index < -0.39 is 12.1 Å². The van der Waals surface area contributed by atoms with Crippen molar-refractivity contribution >= 4 is 29.9 Å². The van der Waals surface area contributed by atoms with Crippen LogP contribution in [0.15, 0.2) is 24.3 Å². The van der Waals surface area contributed by atoms with E-state index >= 15 is 0 Å². The van der Waals surface area contributed by atoms with Crippen LogP contribution in [0.4, 0.5) is 0 Å². The maximum Gasteiger partial charge on any atom is 0.237 e. The van der Waals surface area contributed by atoms with Crippen LogP contribution in [0.1, 0.15) is 31.4 Å². The molecule has 0 spiro atoms. The van der Waals surface area contributed by atoms with Crippen LogP contribution in [0.5, 0.6) is 0 Å². The van der Waals surface area contributed by atoms with E-state index in [1.165, 1.54) is 0 Å². The monoisotopic (exact) mass is 306 g/mol. The number of carbonyl (C=O) groups is 1. The first-order chi connectivity index (χ1) is 8.54. The summed E-state index contributed by atoms with van der Waals surface area (Å²) in [5.74, 6) is -0.232. The van der Waals surface area contributed by atoms with Crippen LogP contribution in [0, 0.1) is 0 Å². The van der Waals surface area contributed by atoms with E-state index in [9.17, 15) is 9.90 Å². The van der Waals surface area contributed by atoms with E-state index in [0.717, 1.165) is 6.42 Å². The zero-order chi connectivity index (χ0) is 13.5. The summed E-state index contributed by atoms with van der Waals surface area (Å²) in [4.78, 5) is 11.6. The quantitative estimate of drug-likeness (QED) is 0.753. The molecule has 108 valence electrons. The van der Waals surface area contributed by atoms with Crippen LogP contribution in [-0.2, 0) is 4.79 Å². The molecule has 0 aliphatic rings. The third-order valence-electron chi connectivity index (χ3n) is 2.66. The molecule has 4 nitrogen and oxygen atoms in total. The van der Waals surface area contributed by atoms with Gasteiger partial charge in [0.15, 0.2) is 0 Å². The van der Waals surface area contributed by atoms with Crippen molar-refractivity contribution in [2.75, 3.05) is 6.54 Å². The second kappa shape index (κ2) is 9.15. The number of hydrogen-bond donors (Lipinski definition) is 3. The minimum Gasteiger partial charge on any atom is -0.387 e. The van der Waals surface area contributed by atoms with Crippen LogP contribution in [-0.4, -0.2) is 23.6 Å². The van der Waals surface area contributed by atoms with Gasteiger partial charge in [-0.2, -0.15) is 0 Å². The normalized spacial score (nSPS) is 13.3. The molecule has 0 radical (unpaired) electrons. The fourth-order valence-electron chi connectivity index (χ4n) is 1.57. The van der Waals surface area contributed by atoms with Crippen molar-refractivity contribution in [1.29, 1.82) is 0 Å². The molecule has 19 heavy (non-hydrogen) atoms. The van der Waals surface area contributed by atoms with Gasteiger partial charge in [-0.05, 0) is 24.1 Å². The number of aliphatic hydroxyl groups excluding tert-OH is 1. The number of amides is 1. The highest BCUT2D eigenvalue weighted by atomic mass is 35.5. The summed E-state index contributed by atoms with van der Waals surface area (Å²) in [6, 6.07) is 6.35. The Hall–Kier alpha value is -0.810. The molecule has 1 amide bonds.